The predicted molar refractivity (Wildman–Crippen MR) is 152 cm³/mol. The molecule has 1 aromatic carbocycles. The van der Waals surface area contributed by atoms with Gasteiger partial charge in [-0.05, 0) is 54.5 Å². The van der Waals surface area contributed by atoms with E-state index >= 15 is 4.39 Å². The third-order valence-corrected chi connectivity index (χ3v) is 8.11. The van der Waals surface area contributed by atoms with E-state index in [9.17, 15) is 14.4 Å². The normalized spacial score (nSPS) is 17.2. The smallest absolute Gasteiger partial charge is 0.261 e. The monoisotopic (exact) mass is 578 g/mol. The molecule has 2 N–H and O–H groups in total. The van der Waals surface area contributed by atoms with Gasteiger partial charge in [0.05, 0.1) is 21.5 Å². The molecule has 1 saturated carbocycles. The van der Waals surface area contributed by atoms with E-state index in [1.807, 2.05) is 0 Å². The molecule has 0 bridgehead atoms. The summed E-state index contributed by atoms with van der Waals surface area (Å²) in [5.74, 6) is -1.05. The number of rotatable bonds is 10. The van der Waals surface area contributed by atoms with Gasteiger partial charge in [0.15, 0.2) is 0 Å². The largest absolute Gasteiger partial charge is 0.370 e. The van der Waals surface area contributed by atoms with Crippen molar-refractivity contribution in [3.05, 3.63) is 45.4 Å². The fraction of sp³-hybridized carbons (Fsp3) is 0.536. The van der Waals surface area contributed by atoms with Crippen LogP contribution < -0.4 is 15.5 Å². The van der Waals surface area contributed by atoms with Gasteiger partial charge >= 0.3 is 0 Å². The minimum Gasteiger partial charge on any atom is -0.370 e. The molecule has 1 aliphatic carbocycles. The molecule has 1 aliphatic heterocycles. The van der Waals surface area contributed by atoms with Crippen molar-refractivity contribution < 1.29 is 23.5 Å². The summed E-state index contributed by atoms with van der Waals surface area (Å²) in [6.45, 7) is 8.33. The van der Waals surface area contributed by atoms with Crippen molar-refractivity contribution >= 4 is 52.0 Å². The van der Waals surface area contributed by atoms with Crippen molar-refractivity contribution in [2.75, 3.05) is 49.6 Å². The maximum Gasteiger partial charge on any atom is 0.261 e. The molecule has 4 rings (SSSR count). The first-order valence-electron chi connectivity index (χ1n) is 13.3. The van der Waals surface area contributed by atoms with Gasteiger partial charge in [-0.3, -0.25) is 19.3 Å². The fourth-order valence-electron chi connectivity index (χ4n) is 4.82. The number of hydrogen-bond donors (Lipinski definition) is 2. The topological polar surface area (TPSA) is 91.0 Å². The van der Waals surface area contributed by atoms with Crippen LogP contribution in [0.25, 0.3) is 0 Å². The molecule has 1 aromatic heterocycles. The number of anilines is 2. The first-order chi connectivity index (χ1) is 18.5. The van der Waals surface area contributed by atoms with Crippen LogP contribution in [0.15, 0.2) is 30.3 Å². The lowest BCUT2D eigenvalue weighted by molar-refractivity contribution is -0.125. The number of benzene rings is 1. The van der Waals surface area contributed by atoms with Crippen LogP contribution in [0.4, 0.5) is 15.8 Å². The minimum atomic E-state index is -0.673. The Bertz CT molecular complexity index is 1200. The zero-order valence-electron chi connectivity index (χ0n) is 22.6. The molecular formula is C28H36ClFN4O4S. The number of thiophene rings is 1. The number of ether oxygens (including phenoxy) is 1. The van der Waals surface area contributed by atoms with Crippen LogP contribution in [0.3, 0.4) is 0 Å². The van der Waals surface area contributed by atoms with Crippen LogP contribution in [-0.4, -0.2) is 68.1 Å². The van der Waals surface area contributed by atoms with Gasteiger partial charge in [0.25, 0.3) is 11.8 Å². The van der Waals surface area contributed by atoms with E-state index in [4.69, 9.17) is 16.3 Å². The average molecular weight is 579 g/mol. The summed E-state index contributed by atoms with van der Waals surface area (Å²) in [4.78, 5) is 42.6. The molecule has 212 valence electrons. The first-order valence-corrected chi connectivity index (χ1v) is 14.5. The summed E-state index contributed by atoms with van der Waals surface area (Å²) in [6, 6.07) is 6.94. The lowest BCUT2D eigenvalue weighted by Crippen LogP contribution is -2.54. The van der Waals surface area contributed by atoms with Crippen molar-refractivity contribution in [3.8, 4) is 0 Å². The van der Waals surface area contributed by atoms with Crippen LogP contribution in [0.5, 0.6) is 0 Å². The molecular weight excluding hydrogens is 543 g/mol. The van der Waals surface area contributed by atoms with E-state index < -0.39 is 11.9 Å². The Morgan fingerprint density at radius 3 is 2.62 bits per heavy atom. The summed E-state index contributed by atoms with van der Waals surface area (Å²) >= 11 is 7.18. The molecule has 8 nitrogen and oxygen atoms in total. The maximum absolute atomic E-state index is 15.0. The second-order valence-corrected chi connectivity index (χ2v) is 13.1. The van der Waals surface area contributed by atoms with Crippen LogP contribution in [0.2, 0.25) is 4.34 Å². The van der Waals surface area contributed by atoms with Gasteiger partial charge in [0.1, 0.15) is 18.5 Å². The molecule has 2 aromatic rings. The van der Waals surface area contributed by atoms with Gasteiger partial charge < -0.3 is 20.3 Å². The zero-order valence-corrected chi connectivity index (χ0v) is 24.2. The summed E-state index contributed by atoms with van der Waals surface area (Å²) < 4.78 is 20.7. The van der Waals surface area contributed by atoms with Crippen molar-refractivity contribution in [2.45, 2.75) is 46.1 Å². The number of nitrogens with zero attached hydrogens (tertiary/aromatic N) is 2. The molecule has 0 spiro atoms. The van der Waals surface area contributed by atoms with Gasteiger partial charge in [0.2, 0.25) is 5.91 Å². The highest BCUT2D eigenvalue weighted by Gasteiger charge is 2.33. The van der Waals surface area contributed by atoms with E-state index in [-0.39, 0.29) is 54.2 Å². The van der Waals surface area contributed by atoms with Crippen molar-refractivity contribution in [3.63, 3.8) is 0 Å². The summed E-state index contributed by atoms with van der Waals surface area (Å²) in [5.41, 5.74) is 0.341. The Hall–Kier alpha value is -2.53. The van der Waals surface area contributed by atoms with Crippen LogP contribution in [-0.2, 0) is 14.3 Å². The average Bonchev–Trinajstić information content (AvgIpc) is 3.27. The Morgan fingerprint density at radius 1 is 1.26 bits per heavy atom. The van der Waals surface area contributed by atoms with E-state index in [1.165, 1.54) is 34.8 Å². The van der Waals surface area contributed by atoms with Crippen molar-refractivity contribution in [1.82, 2.24) is 10.2 Å². The molecule has 11 heteroatoms. The molecule has 3 amide bonds. The first kappa shape index (κ1) is 29.5. The molecule has 0 radical (unpaired) electrons. The van der Waals surface area contributed by atoms with Gasteiger partial charge in [-0.1, -0.05) is 38.8 Å². The number of amides is 3. The highest BCUT2D eigenvalue weighted by molar-refractivity contribution is 7.18. The van der Waals surface area contributed by atoms with E-state index in [0.717, 1.165) is 19.4 Å². The standard InChI is InChI=1S/C28H36ClFN4O4S/c1-28(2,3)17-33(15-18-5-4-6-18)22(14-31-27(37)23-9-10-24(29)39-23)26(36)32-19-7-8-21(20(30)13-19)34-11-12-38-16-25(34)35/h7-10,13,18,22H,4-6,11-12,14-17H2,1-3H3,(H,31,37)(H,32,36)/t22-/m0/s1. The number of carbonyl (C=O) groups excluding carboxylic acids is 3. The van der Waals surface area contributed by atoms with E-state index in [2.05, 4.69) is 36.3 Å². The third kappa shape index (κ3) is 8.00. The number of carbonyl (C=O) groups is 3. The SMILES string of the molecule is CC(C)(C)CN(CC1CCC1)[C@@H](CNC(=O)c1ccc(Cl)s1)C(=O)Nc1ccc(N2CCOCC2=O)c(F)c1. The second kappa shape index (κ2) is 12.8. The molecule has 39 heavy (non-hydrogen) atoms. The number of nitrogens with one attached hydrogen (secondary N) is 2. The molecule has 1 saturated heterocycles. The zero-order chi connectivity index (χ0) is 28.2. The lowest BCUT2D eigenvalue weighted by atomic mass is 9.84. The number of hydrogen-bond acceptors (Lipinski definition) is 6. The molecule has 2 fully saturated rings. The van der Waals surface area contributed by atoms with Gasteiger partial charge in [-0.25, -0.2) is 4.39 Å². The Morgan fingerprint density at radius 2 is 2.03 bits per heavy atom. The van der Waals surface area contributed by atoms with Crippen LogP contribution >= 0.6 is 22.9 Å². The highest BCUT2D eigenvalue weighted by Crippen LogP contribution is 2.30. The van der Waals surface area contributed by atoms with Crippen molar-refractivity contribution in [1.29, 1.82) is 0 Å². The Balaban J connectivity index is 1.53. The van der Waals surface area contributed by atoms with E-state index in [0.29, 0.717) is 28.3 Å². The van der Waals surface area contributed by atoms with Crippen molar-refractivity contribution in [2.24, 2.45) is 11.3 Å². The second-order valence-electron chi connectivity index (χ2n) is 11.4. The summed E-state index contributed by atoms with van der Waals surface area (Å²) in [7, 11) is 0. The molecule has 0 unspecified atom stereocenters. The third-order valence-electron chi connectivity index (χ3n) is 6.88. The lowest BCUT2D eigenvalue weighted by Gasteiger charge is -2.40. The predicted octanol–water partition coefficient (Wildman–Crippen LogP) is 4.79. The van der Waals surface area contributed by atoms with Gasteiger partial charge in [-0.2, -0.15) is 0 Å². The highest BCUT2D eigenvalue weighted by atomic mass is 35.5. The Labute approximate surface area is 237 Å². The quantitative estimate of drug-likeness (QED) is 0.423. The number of halogens is 2. The van der Waals surface area contributed by atoms with E-state index in [1.54, 1.807) is 18.2 Å². The fourth-order valence-corrected chi connectivity index (χ4v) is 5.78. The summed E-state index contributed by atoms with van der Waals surface area (Å²) in [5, 5.41) is 5.75. The van der Waals surface area contributed by atoms with Gasteiger partial charge in [-0.15, -0.1) is 11.3 Å². The van der Waals surface area contributed by atoms with Gasteiger partial charge in [0, 0.05) is 31.9 Å². The summed E-state index contributed by atoms with van der Waals surface area (Å²) in [6.07, 6.45) is 3.40. The van der Waals surface area contributed by atoms with Crippen LogP contribution in [0.1, 0.15) is 49.7 Å². The maximum atomic E-state index is 15.0. The molecule has 1 atom stereocenters. The Kier molecular flexibility index (Phi) is 9.64. The number of morpholine rings is 1. The van der Waals surface area contributed by atoms with Crippen LogP contribution in [0, 0.1) is 17.2 Å². The molecule has 2 heterocycles. The minimum absolute atomic E-state index is 0.0891. The molecule has 2 aliphatic rings.